The molecule has 5 heteroatoms. The summed E-state index contributed by atoms with van der Waals surface area (Å²) in [6.45, 7) is 1.80. The zero-order valence-corrected chi connectivity index (χ0v) is 11.1. The first-order valence-electron chi connectivity index (χ1n) is 5.21. The molecule has 0 aliphatic rings. The van der Waals surface area contributed by atoms with E-state index in [1.54, 1.807) is 43.5 Å². The zero-order valence-electron chi connectivity index (χ0n) is 9.55. The number of hydrogen-bond donors (Lipinski definition) is 1. The average molecular weight is 308 g/mol. The van der Waals surface area contributed by atoms with Gasteiger partial charge in [0.15, 0.2) is 0 Å². The number of nitrogens with zero attached hydrogens (tertiary/aromatic N) is 1. The van der Waals surface area contributed by atoms with Gasteiger partial charge in [0.1, 0.15) is 17.1 Å². The van der Waals surface area contributed by atoms with Crippen molar-refractivity contribution in [2.24, 2.45) is 0 Å². The molecule has 0 amide bonds. The summed E-state index contributed by atoms with van der Waals surface area (Å²) in [5, 5.41) is 9.17. The van der Waals surface area contributed by atoms with Crippen molar-refractivity contribution >= 4 is 21.9 Å². The number of rotatable bonds is 3. The van der Waals surface area contributed by atoms with Gasteiger partial charge in [0, 0.05) is 10.7 Å². The molecule has 1 heterocycles. The Kier molecular flexibility index (Phi) is 3.62. The molecule has 0 bridgehead atoms. The summed E-state index contributed by atoms with van der Waals surface area (Å²) in [5.41, 5.74) is 0.801. The van der Waals surface area contributed by atoms with E-state index in [9.17, 15) is 4.79 Å². The molecule has 0 spiro atoms. The number of benzene rings is 1. The maximum absolute atomic E-state index is 11.2. The number of aryl methyl sites for hydroxylation is 1. The Balaban J connectivity index is 2.44. The third-order valence-electron chi connectivity index (χ3n) is 2.37. The van der Waals surface area contributed by atoms with Crippen molar-refractivity contribution in [2.75, 3.05) is 0 Å². The van der Waals surface area contributed by atoms with Crippen molar-refractivity contribution in [2.45, 2.75) is 6.92 Å². The van der Waals surface area contributed by atoms with Gasteiger partial charge in [-0.3, -0.25) is 4.98 Å². The van der Waals surface area contributed by atoms with Crippen LogP contribution in [0.4, 0.5) is 0 Å². The lowest BCUT2D eigenvalue weighted by atomic mass is 10.2. The smallest absolute Gasteiger partial charge is 0.340 e. The Morgan fingerprint density at radius 1 is 1.28 bits per heavy atom. The van der Waals surface area contributed by atoms with Crippen molar-refractivity contribution in [3.63, 3.8) is 0 Å². The monoisotopic (exact) mass is 307 g/mol. The number of aromatic carboxylic acids is 1. The van der Waals surface area contributed by atoms with Crippen LogP contribution in [0.1, 0.15) is 16.1 Å². The van der Waals surface area contributed by atoms with Crippen LogP contribution < -0.4 is 4.74 Å². The summed E-state index contributed by atoms with van der Waals surface area (Å²) in [4.78, 5) is 15.3. The van der Waals surface area contributed by atoms with Gasteiger partial charge in [-0.15, -0.1) is 0 Å². The van der Waals surface area contributed by atoms with Gasteiger partial charge in [-0.25, -0.2) is 4.79 Å². The van der Waals surface area contributed by atoms with Gasteiger partial charge in [-0.2, -0.15) is 0 Å². The maximum atomic E-state index is 11.2. The van der Waals surface area contributed by atoms with Crippen LogP contribution in [0.15, 0.2) is 41.0 Å². The fraction of sp³-hybridized carbons (Fsp3) is 0.0769. The SMILES string of the molecule is Cc1ncccc1Oc1cccc(Br)c1C(=O)O. The van der Waals surface area contributed by atoms with Gasteiger partial charge >= 0.3 is 5.97 Å². The second kappa shape index (κ2) is 5.18. The van der Waals surface area contributed by atoms with E-state index in [-0.39, 0.29) is 11.3 Å². The Hall–Kier alpha value is -1.88. The Morgan fingerprint density at radius 3 is 2.67 bits per heavy atom. The summed E-state index contributed by atoms with van der Waals surface area (Å²) in [7, 11) is 0. The quantitative estimate of drug-likeness (QED) is 0.940. The van der Waals surface area contributed by atoms with E-state index >= 15 is 0 Å². The van der Waals surface area contributed by atoms with Gasteiger partial charge in [0.2, 0.25) is 0 Å². The third-order valence-corrected chi connectivity index (χ3v) is 3.03. The number of carbonyl (C=O) groups is 1. The van der Waals surface area contributed by atoms with Crippen molar-refractivity contribution < 1.29 is 14.6 Å². The predicted molar refractivity (Wildman–Crippen MR) is 70.1 cm³/mol. The Bertz CT molecular complexity index is 599. The van der Waals surface area contributed by atoms with Crippen LogP contribution in [-0.4, -0.2) is 16.1 Å². The molecule has 1 aromatic heterocycles. The van der Waals surface area contributed by atoms with Crippen LogP contribution in [0, 0.1) is 6.92 Å². The number of pyridine rings is 1. The standard InChI is InChI=1S/C13H10BrNO3/c1-8-10(6-3-7-15-8)18-11-5-2-4-9(14)12(11)13(16)17/h2-7H,1H3,(H,16,17). The van der Waals surface area contributed by atoms with Crippen LogP contribution in [0.2, 0.25) is 0 Å². The first-order chi connectivity index (χ1) is 8.59. The molecule has 1 N–H and O–H groups in total. The Morgan fingerprint density at radius 2 is 2.00 bits per heavy atom. The normalized spacial score (nSPS) is 10.1. The van der Waals surface area contributed by atoms with E-state index in [0.717, 1.165) is 0 Å². The molecular weight excluding hydrogens is 298 g/mol. The molecule has 18 heavy (non-hydrogen) atoms. The van der Waals surface area contributed by atoms with E-state index in [2.05, 4.69) is 20.9 Å². The second-order valence-electron chi connectivity index (χ2n) is 3.61. The second-order valence-corrected chi connectivity index (χ2v) is 4.46. The summed E-state index contributed by atoms with van der Waals surface area (Å²) < 4.78 is 6.09. The first-order valence-corrected chi connectivity index (χ1v) is 6.00. The fourth-order valence-corrected chi connectivity index (χ4v) is 2.01. The molecule has 0 aliphatic carbocycles. The number of hydrogen-bond acceptors (Lipinski definition) is 3. The van der Waals surface area contributed by atoms with E-state index in [4.69, 9.17) is 9.84 Å². The van der Waals surface area contributed by atoms with E-state index < -0.39 is 5.97 Å². The summed E-state index contributed by atoms with van der Waals surface area (Å²) in [6, 6.07) is 8.47. The maximum Gasteiger partial charge on any atom is 0.340 e. The summed E-state index contributed by atoms with van der Waals surface area (Å²) in [5.74, 6) is -0.218. The lowest BCUT2D eigenvalue weighted by molar-refractivity contribution is 0.0693. The largest absolute Gasteiger partial charge is 0.478 e. The van der Waals surface area contributed by atoms with Crippen LogP contribution in [0.3, 0.4) is 0 Å². The molecule has 0 saturated heterocycles. The van der Waals surface area contributed by atoms with Gasteiger partial charge in [0.25, 0.3) is 0 Å². The van der Waals surface area contributed by atoms with Crippen LogP contribution in [0.25, 0.3) is 0 Å². The van der Waals surface area contributed by atoms with E-state index in [1.807, 2.05) is 0 Å². The number of halogens is 1. The molecular formula is C13H10BrNO3. The zero-order chi connectivity index (χ0) is 13.1. The molecule has 1 aromatic carbocycles. The highest BCUT2D eigenvalue weighted by Gasteiger charge is 2.16. The molecule has 0 saturated carbocycles. The molecule has 0 fully saturated rings. The molecule has 2 aromatic rings. The molecule has 2 rings (SSSR count). The van der Waals surface area contributed by atoms with Crippen LogP contribution in [-0.2, 0) is 0 Å². The third kappa shape index (κ3) is 2.51. The van der Waals surface area contributed by atoms with E-state index in [1.165, 1.54) is 0 Å². The molecule has 0 aliphatic heterocycles. The Labute approximate surface area is 112 Å². The molecule has 92 valence electrons. The summed E-state index contributed by atoms with van der Waals surface area (Å²) >= 11 is 3.20. The predicted octanol–water partition coefficient (Wildman–Crippen LogP) is 3.64. The highest BCUT2D eigenvalue weighted by atomic mass is 79.9. The minimum Gasteiger partial charge on any atom is -0.478 e. The first kappa shape index (κ1) is 12.6. The van der Waals surface area contributed by atoms with Crippen molar-refractivity contribution in [1.82, 2.24) is 4.98 Å². The van der Waals surface area contributed by atoms with Gasteiger partial charge in [-0.05, 0) is 47.1 Å². The minimum absolute atomic E-state index is 0.0979. The molecule has 0 radical (unpaired) electrons. The van der Waals surface area contributed by atoms with Gasteiger partial charge in [-0.1, -0.05) is 6.07 Å². The lowest BCUT2D eigenvalue weighted by Crippen LogP contribution is -2.02. The number of ether oxygens (including phenoxy) is 1. The van der Waals surface area contributed by atoms with Crippen LogP contribution in [0.5, 0.6) is 11.5 Å². The molecule has 4 nitrogen and oxygen atoms in total. The fourth-order valence-electron chi connectivity index (χ4n) is 1.49. The average Bonchev–Trinajstić information content (AvgIpc) is 2.31. The summed E-state index contributed by atoms with van der Waals surface area (Å²) in [6.07, 6.45) is 1.65. The van der Waals surface area contributed by atoms with E-state index in [0.29, 0.717) is 15.9 Å². The van der Waals surface area contributed by atoms with Crippen molar-refractivity contribution in [1.29, 1.82) is 0 Å². The lowest BCUT2D eigenvalue weighted by Gasteiger charge is -2.11. The number of carboxylic acids is 1. The molecule has 0 unspecified atom stereocenters. The highest BCUT2D eigenvalue weighted by molar-refractivity contribution is 9.10. The minimum atomic E-state index is -1.04. The topological polar surface area (TPSA) is 59.4 Å². The number of carboxylic acid groups (broad SMARTS) is 1. The van der Waals surface area contributed by atoms with Gasteiger partial charge < -0.3 is 9.84 Å². The highest BCUT2D eigenvalue weighted by Crippen LogP contribution is 2.31. The van der Waals surface area contributed by atoms with Crippen molar-refractivity contribution in [3.8, 4) is 11.5 Å². The van der Waals surface area contributed by atoms with Gasteiger partial charge in [0.05, 0.1) is 5.69 Å². The molecule has 0 atom stereocenters. The number of aromatic nitrogens is 1. The van der Waals surface area contributed by atoms with Crippen molar-refractivity contribution in [3.05, 3.63) is 52.3 Å². The van der Waals surface area contributed by atoms with Crippen LogP contribution >= 0.6 is 15.9 Å².